The average Bonchev–Trinajstić information content (AvgIpc) is 2.50. The fourth-order valence-corrected chi connectivity index (χ4v) is 2.46. The number of carbonyl (C=O) groups is 2. The first-order valence-corrected chi connectivity index (χ1v) is 7.58. The first-order chi connectivity index (χ1) is 10.2. The zero-order valence-electron chi connectivity index (χ0n) is 12.9. The second-order valence-electron chi connectivity index (χ2n) is 5.21. The number of anilines is 1. The molecular formula is C16H24ClN3O2. The predicted octanol–water partition coefficient (Wildman–Crippen LogP) is 1.50. The van der Waals surface area contributed by atoms with Crippen LogP contribution in [-0.4, -0.2) is 38.0 Å². The summed E-state index contributed by atoms with van der Waals surface area (Å²) in [6, 6.07) is 7.78. The van der Waals surface area contributed by atoms with E-state index >= 15 is 0 Å². The molecule has 22 heavy (non-hydrogen) atoms. The molecule has 0 saturated heterocycles. The highest BCUT2D eigenvalue weighted by Crippen LogP contribution is 2.26. The van der Waals surface area contributed by atoms with Gasteiger partial charge in [0.15, 0.2) is 0 Å². The second kappa shape index (κ2) is 9.43. The Balaban J connectivity index is 0.00000242. The van der Waals surface area contributed by atoms with E-state index in [1.807, 2.05) is 24.3 Å². The van der Waals surface area contributed by atoms with Crippen LogP contribution in [-0.2, 0) is 16.0 Å². The van der Waals surface area contributed by atoms with Gasteiger partial charge in [0.1, 0.15) is 6.54 Å². The lowest BCUT2D eigenvalue weighted by Crippen LogP contribution is -2.44. The molecular weight excluding hydrogens is 302 g/mol. The van der Waals surface area contributed by atoms with Crippen LogP contribution in [0.4, 0.5) is 5.69 Å². The van der Waals surface area contributed by atoms with Gasteiger partial charge in [-0.2, -0.15) is 0 Å². The zero-order chi connectivity index (χ0) is 15.1. The Labute approximate surface area is 137 Å². The second-order valence-corrected chi connectivity index (χ2v) is 5.21. The van der Waals surface area contributed by atoms with Gasteiger partial charge in [-0.25, -0.2) is 0 Å². The number of amides is 2. The summed E-state index contributed by atoms with van der Waals surface area (Å²) in [5.74, 6) is -0.0914. The third kappa shape index (κ3) is 5.00. The summed E-state index contributed by atoms with van der Waals surface area (Å²) in [6.45, 7) is 4.50. The minimum atomic E-state index is -0.113. The molecule has 1 aromatic rings. The highest BCUT2D eigenvalue weighted by atomic mass is 35.5. The lowest BCUT2D eigenvalue weighted by molar-refractivity contribution is -0.124. The number of nitrogens with zero attached hydrogens (tertiary/aromatic N) is 1. The molecule has 2 rings (SSSR count). The van der Waals surface area contributed by atoms with Crippen molar-refractivity contribution in [2.24, 2.45) is 0 Å². The molecule has 2 N–H and O–H groups in total. The Morgan fingerprint density at radius 3 is 2.73 bits per heavy atom. The summed E-state index contributed by atoms with van der Waals surface area (Å²) >= 11 is 0. The lowest BCUT2D eigenvalue weighted by Gasteiger charge is -2.28. The monoisotopic (exact) mass is 325 g/mol. The van der Waals surface area contributed by atoms with Crippen molar-refractivity contribution in [3.63, 3.8) is 0 Å². The Bertz CT molecular complexity index is 508. The number of carbonyl (C=O) groups excluding carboxylic acids is 2. The van der Waals surface area contributed by atoms with Crippen LogP contribution in [0.5, 0.6) is 0 Å². The molecule has 0 aliphatic carbocycles. The van der Waals surface area contributed by atoms with Gasteiger partial charge in [-0.15, -0.1) is 12.4 Å². The van der Waals surface area contributed by atoms with E-state index in [9.17, 15) is 9.59 Å². The van der Waals surface area contributed by atoms with Crippen LogP contribution in [0.15, 0.2) is 24.3 Å². The average molecular weight is 326 g/mol. The molecule has 1 heterocycles. The van der Waals surface area contributed by atoms with E-state index in [2.05, 4.69) is 17.6 Å². The van der Waals surface area contributed by atoms with Crippen LogP contribution in [0.2, 0.25) is 0 Å². The molecule has 0 bridgehead atoms. The van der Waals surface area contributed by atoms with E-state index in [0.29, 0.717) is 13.0 Å². The van der Waals surface area contributed by atoms with Crippen LogP contribution < -0.4 is 15.5 Å². The van der Waals surface area contributed by atoms with Crippen LogP contribution in [0.1, 0.15) is 25.3 Å². The molecule has 0 radical (unpaired) electrons. The summed E-state index contributed by atoms with van der Waals surface area (Å²) in [7, 11) is 0. The normalized spacial score (nSPS) is 13.3. The van der Waals surface area contributed by atoms with Gasteiger partial charge in [-0.05, 0) is 31.0 Å². The third-order valence-corrected chi connectivity index (χ3v) is 3.54. The third-order valence-electron chi connectivity index (χ3n) is 3.54. The molecule has 6 heteroatoms. The van der Waals surface area contributed by atoms with Crippen LogP contribution in [0, 0.1) is 0 Å². The fourth-order valence-electron chi connectivity index (χ4n) is 2.46. The summed E-state index contributed by atoms with van der Waals surface area (Å²) in [4.78, 5) is 25.6. The van der Waals surface area contributed by atoms with Crippen molar-refractivity contribution >= 4 is 29.9 Å². The maximum absolute atomic E-state index is 12.0. The van der Waals surface area contributed by atoms with E-state index in [0.717, 1.165) is 37.2 Å². The van der Waals surface area contributed by atoms with E-state index in [1.54, 1.807) is 4.90 Å². The van der Waals surface area contributed by atoms with Crippen molar-refractivity contribution in [2.75, 3.05) is 31.1 Å². The Morgan fingerprint density at radius 1 is 1.18 bits per heavy atom. The molecule has 0 aromatic heterocycles. The zero-order valence-corrected chi connectivity index (χ0v) is 13.7. The van der Waals surface area contributed by atoms with Crippen molar-refractivity contribution in [2.45, 2.75) is 26.2 Å². The number of fused-ring (bicyclic) bond motifs is 1. The molecule has 2 amide bonds. The first kappa shape index (κ1) is 18.5. The van der Waals surface area contributed by atoms with E-state index in [1.165, 1.54) is 0 Å². The van der Waals surface area contributed by atoms with E-state index in [4.69, 9.17) is 0 Å². The molecule has 5 nitrogen and oxygen atoms in total. The SMILES string of the molecule is CCCNCCNC(=O)CN1C(=O)CCc2ccccc21.Cl. The van der Waals surface area contributed by atoms with Crippen molar-refractivity contribution in [3.05, 3.63) is 29.8 Å². The quantitative estimate of drug-likeness (QED) is 0.747. The Morgan fingerprint density at radius 2 is 1.95 bits per heavy atom. The summed E-state index contributed by atoms with van der Waals surface area (Å²) < 4.78 is 0. The minimum absolute atomic E-state index is 0. The number of nitrogens with one attached hydrogen (secondary N) is 2. The number of benzene rings is 1. The molecule has 0 fully saturated rings. The van der Waals surface area contributed by atoms with E-state index < -0.39 is 0 Å². The number of aryl methyl sites for hydroxylation is 1. The number of hydrogen-bond acceptors (Lipinski definition) is 3. The molecule has 1 aromatic carbocycles. The highest BCUT2D eigenvalue weighted by Gasteiger charge is 2.25. The van der Waals surface area contributed by atoms with Crippen LogP contribution in [0.3, 0.4) is 0 Å². The van der Waals surface area contributed by atoms with Gasteiger partial charge in [0.25, 0.3) is 0 Å². The highest BCUT2D eigenvalue weighted by molar-refractivity contribution is 6.00. The Kier molecular flexibility index (Phi) is 7.91. The Hall–Kier alpha value is -1.59. The van der Waals surface area contributed by atoms with Crippen LogP contribution >= 0.6 is 12.4 Å². The van der Waals surface area contributed by atoms with Crippen molar-refractivity contribution in [3.8, 4) is 0 Å². The van der Waals surface area contributed by atoms with E-state index in [-0.39, 0.29) is 30.8 Å². The summed E-state index contributed by atoms with van der Waals surface area (Å²) in [5, 5.41) is 6.07. The number of para-hydroxylation sites is 1. The maximum atomic E-state index is 12.0. The molecule has 0 atom stereocenters. The predicted molar refractivity (Wildman–Crippen MR) is 90.5 cm³/mol. The number of rotatable bonds is 7. The topological polar surface area (TPSA) is 61.4 Å². The fraction of sp³-hybridized carbons (Fsp3) is 0.500. The van der Waals surface area contributed by atoms with Gasteiger partial charge < -0.3 is 15.5 Å². The molecule has 0 unspecified atom stereocenters. The van der Waals surface area contributed by atoms with Gasteiger partial charge in [-0.3, -0.25) is 9.59 Å². The minimum Gasteiger partial charge on any atom is -0.353 e. The smallest absolute Gasteiger partial charge is 0.240 e. The lowest BCUT2D eigenvalue weighted by atomic mass is 10.0. The standard InChI is InChI=1S/C16H23N3O2.ClH/c1-2-9-17-10-11-18-15(20)12-19-14-6-4-3-5-13(14)7-8-16(19)21;/h3-6,17H,2,7-12H2,1H3,(H,18,20);1H. The first-order valence-electron chi connectivity index (χ1n) is 7.58. The maximum Gasteiger partial charge on any atom is 0.240 e. The molecule has 1 aliphatic heterocycles. The van der Waals surface area contributed by atoms with Gasteiger partial charge in [0, 0.05) is 25.2 Å². The molecule has 0 saturated carbocycles. The number of hydrogen-bond donors (Lipinski definition) is 2. The van der Waals surface area contributed by atoms with Gasteiger partial charge in [0.2, 0.25) is 11.8 Å². The van der Waals surface area contributed by atoms with Crippen molar-refractivity contribution < 1.29 is 9.59 Å². The van der Waals surface area contributed by atoms with Gasteiger partial charge >= 0.3 is 0 Å². The largest absolute Gasteiger partial charge is 0.353 e. The summed E-state index contributed by atoms with van der Waals surface area (Å²) in [5.41, 5.74) is 2.00. The van der Waals surface area contributed by atoms with Gasteiger partial charge in [-0.1, -0.05) is 25.1 Å². The summed E-state index contributed by atoms with van der Waals surface area (Å²) in [6.07, 6.45) is 2.31. The van der Waals surface area contributed by atoms with Crippen molar-refractivity contribution in [1.29, 1.82) is 0 Å². The molecule has 122 valence electrons. The van der Waals surface area contributed by atoms with Crippen LogP contribution in [0.25, 0.3) is 0 Å². The number of halogens is 1. The molecule has 1 aliphatic rings. The molecule has 0 spiro atoms. The van der Waals surface area contributed by atoms with Gasteiger partial charge in [0.05, 0.1) is 0 Å². The van der Waals surface area contributed by atoms with Crippen molar-refractivity contribution in [1.82, 2.24) is 10.6 Å².